The third kappa shape index (κ3) is 3.98. The average Bonchev–Trinajstić information content (AvgIpc) is 2.52. The molecule has 4 nitrogen and oxygen atoms in total. The Morgan fingerprint density at radius 3 is 2.86 bits per heavy atom. The minimum atomic E-state index is -0.198. The molecule has 0 aliphatic carbocycles. The molecule has 0 radical (unpaired) electrons. The summed E-state index contributed by atoms with van der Waals surface area (Å²) in [6.45, 7) is 2.16. The molecule has 2 aromatic rings. The van der Waals surface area contributed by atoms with Gasteiger partial charge in [0.2, 0.25) is 0 Å². The van der Waals surface area contributed by atoms with E-state index >= 15 is 0 Å². The molecule has 0 unspecified atom stereocenters. The van der Waals surface area contributed by atoms with Crippen LogP contribution in [-0.2, 0) is 6.61 Å². The van der Waals surface area contributed by atoms with Crippen LogP contribution in [0.5, 0.6) is 11.5 Å². The van der Waals surface area contributed by atoms with Crippen molar-refractivity contribution in [2.75, 3.05) is 13.7 Å². The summed E-state index contributed by atoms with van der Waals surface area (Å²) in [6, 6.07) is 9.28. The first-order valence-electron chi connectivity index (χ1n) is 6.55. The molecule has 1 heterocycles. The second-order valence-corrected chi connectivity index (χ2v) is 4.38. The van der Waals surface area contributed by atoms with Crippen molar-refractivity contribution in [1.29, 1.82) is 0 Å². The van der Waals surface area contributed by atoms with Gasteiger partial charge in [0.05, 0.1) is 18.4 Å². The number of hydrogen-bond acceptors (Lipinski definition) is 4. The summed E-state index contributed by atoms with van der Waals surface area (Å²) in [5.41, 5.74) is 2.64. The topological polar surface area (TPSA) is 51.6 Å². The van der Waals surface area contributed by atoms with E-state index in [-0.39, 0.29) is 6.61 Å². The van der Waals surface area contributed by atoms with Crippen molar-refractivity contribution in [3.8, 4) is 23.3 Å². The molecule has 0 aliphatic heterocycles. The zero-order valence-electron chi connectivity index (χ0n) is 12.1. The van der Waals surface area contributed by atoms with Crippen LogP contribution in [0, 0.1) is 18.8 Å². The van der Waals surface area contributed by atoms with Crippen molar-refractivity contribution >= 4 is 0 Å². The largest absolute Gasteiger partial charge is 0.497 e. The molecule has 108 valence electrons. The lowest BCUT2D eigenvalue weighted by molar-refractivity contribution is 0.299. The number of ether oxygens (including phenoxy) is 2. The van der Waals surface area contributed by atoms with Crippen molar-refractivity contribution in [3.63, 3.8) is 0 Å². The monoisotopic (exact) mass is 283 g/mol. The Kier molecular flexibility index (Phi) is 5.19. The van der Waals surface area contributed by atoms with Crippen molar-refractivity contribution in [3.05, 3.63) is 53.3 Å². The number of aliphatic hydroxyl groups is 1. The highest BCUT2D eigenvalue weighted by Gasteiger charge is 2.06. The van der Waals surface area contributed by atoms with Crippen molar-refractivity contribution in [1.82, 2.24) is 4.98 Å². The lowest BCUT2D eigenvalue weighted by Crippen LogP contribution is -2.02. The fourth-order valence-corrected chi connectivity index (χ4v) is 1.81. The molecule has 0 atom stereocenters. The summed E-state index contributed by atoms with van der Waals surface area (Å²) in [5, 5.41) is 8.83. The zero-order valence-corrected chi connectivity index (χ0v) is 12.1. The van der Waals surface area contributed by atoms with Crippen LogP contribution in [0.4, 0.5) is 0 Å². The van der Waals surface area contributed by atoms with Crippen molar-refractivity contribution in [2.24, 2.45) is 0 Å². The molecule has 1 aromatic carbocycles. The molecule has 0 saturated heterocycles. The molecule has 0 amide bonds. The van der Waals surface area contributed by atoms with E-state index in [0.717, 1.165) is 11.3 Å². The first-order valence-corrected chi connectivity index (χ1v) is 6.55. The van der Waals surface area contributed by atoms with Gasteiger partial charge in [0.25, 0.3) is 0 Å². The van der Waals surface area contributed by atoms with Crippen LogP contribution in [-0.4, -0.2) is 23.8 Å². The highest BCUT2D eigenvalue weighted by molar-refractivity contribution is 5.50. The Labute approximate surface area is 124 Å². The van der Waals surface area contributed by atoms with Crippen LogP contribution in [0.25, 0.3) is 0 Å². The molecule has 21 heavy (non-hydrogen) atoms. The molecule has 0 saturated carbocycles. The lowest BCUT2D eigenvalue weighted by Gasteiger charge is -2.10. The number of pyridine rings is 1. The summed E-state index contributed by atoms with van der Waals surface area (Å²) in [6.07, 6.45) is 1.74. The van der Waals surface area contributed by atoms with Crippen LogP contribution < -0.4 is 9.47 Å². The van der Waals surface area contributed by atoms with E-state index in [1.165, 1.54) is 0 Å². The molecule has 0 aliphatic rings. The smallest absolute Gasteiger partial charge is 0.135 e. The van der Waals surface area contributed by atoms with E-state index in [4.69, 9.17) is 14.6 Å². The van der Waals surface area contributed by atoms with Gasteiger partial charge in [-0.3, -0.25) is 4.98 Å². The number of nitrogens with zero attached hydrogens (tertiary/aromatic N) is 1. The summed E-state index contributed by atoms with van der Waals surface area (Å²) >= 11 is 0. The summed E-state index contributed by atoms with van der Waals surface area (Å²) in [5.74, 6) is 6.82. The fraction of sp³-hybridized carbons (Fsp3) is 0.235. The van der Waals surface area contributed by atoms with E-state index in [2.05, 4.69) is 16.8 Å². The third-order valence-corrected chi connectivity index (χ3v) is 2.97. The molecule has 1 aromatic heterocycles. The molecule has 4 heteroatoms. The van der Waals surface area contributed by atoms with Gasteiger partial charge in [0.15, 0.2) is 0 Å². The van der Waals surface area contributed by atoms with Gasteiger partial charge in [-0.15, -0.1) is 0 Å². The molecular formula is C17H17NO3. The SMILES string of the molecule is COc1ccc(OCc2ncccc2C)c(C#CCO)c1. The first kappa shape index (κ1) is 14.9. The Morgan fingerprint density at radius 1 is 1.29 bits per heavy atom. The van der Waals surface area contributed by atoms with E-state index < -0.39 is 0 Å². The molecule has 1 N–H and O–H groups in total. The predicted molar refractivity (Wildman–Crippen MR) is 80.3 cm³/mol. The number of aliphatic hydroxyl groups excluding tert-OH is 1. The van der Waals surface area contributed by atoms with Gasteiger partial charge in [-0.1, -0.05) is 17.9 Å². The van der Waals surface area contributed by atoms with E-state index in [1.807, 2.05) is 25.1 Å². The number of rotatable bonds is 4. The maximum Gasteiger partial charge on any atom is 0.135 e. The van der Waals surface area contributed by atoms with Gasteiger partial charge in [-0.2, -0.15) is 0 Å². The minimum absolute atomic E-state index is 0.198. The maximum absolute atomic E-state index is 8.83. The predicted octanol–water partition coefficient (Wildman–Crippen LogP) is 2.32. The summed E-state index contributed by atoms with van der Waals surface area (Å²) in [7, 11) is 1.59. The van der Waals surface area contributed by atoms with Gasteiger partial charge < -0.3 is 14.6 Å². The highest BCUT2D eigenvalue weighted by atomic mass is 16.5. The van der Waals surface area contributed by atoms with Gasteiger partial charge in [0, 0.05) is 6.20 Å². The number of methoxy groups -OCH3 is 1. The van der Waals surface area contributed by atoms with Crippen LogP contribution in [0.2, 0.25) is 0 Å². The Bertz CT molecular complexity index is 671. The second kappa shape index (κ2) is 7.32. The number of aromatic nitrogens is 1. The summed E-state index contributed by atoms with van der Waals surface area (Å²) in [4.78, 5) is 4.29. The zero-order chi connectivity index (χ0) is 15.1. The van der Waals surface area contributed by atoms with Crippen LogP contribution in [0.15, 0.2) is 36.5 Å². The molecule has 0 bridgehead atoms. The lowest BCUT2D eigenvalue weighted by atomic mass is 10.2. The normalized spacial score (nSPS) is 9.67. The Morgan fingerprint density at radius 2 is 2.14 bits per heavy atom. The van der Waals surface area contributed by atoms with Gasteiger partial charge >= 0.3 is 0 Å². The quantitative estimate of drug-likeness (QED) is 0.875. The van der Waals surface area contributed by atoms with Gasteiger partial charge in [-0.25, -0.2) is 0 Å². The van der Waals surface area contributed by atoms with Crippen molar-refractivity contribution < 1.29 is 14.6 Å². The molecule has 0 spiro atoms. The van der Waals surface area contributed by atoms with E-state index in [9.17, 15) is 0 Å². The minimum Gasteiger partial charge on any atom is -0.497 e. The standard InChI is InChI=1S/C17H17NO3/c1-13-5-3-9-18-16(13)12-21-17-8-7-15(20-2)11-14(17)6-4-10-19/h3,5,7-9,11,19H,10,12H2,1-2H3. The van der Waals surface area contributed by atoms with E-state index in [1.54, 1.807) is 25.4 Å². The molecule has 0 fully saturated rings. The first-order chi connectivity index (χ1) is 10.2. The average molecular weight is 283 g/mol. The second-order valence-electron chi connectivity index (χ2n) is 4.38. The fourth-order valence-electron chi connectivity index (χ4n) is 1.81. The third-order valence-electron chi connectivity index (χ3n) is 2.97. The molecular weight excluding hydrogens is 266 g/mol. The van der Waals surface area contributed by atoms with Gasteiger partial charge in [-0.05, 0) is 36.8 Å². The number of benzene rings is 1. The maximum atomic E-state index is 8.83. The Balaban J connectivity index is 2.21. The van der Waals surface area contributed by atoms with Gasteiger partial charge in [0.1, 0.15) is 24.7 Å². The van der Waals surface area contributed by atoms with Crippen LogP contribution in [0.1, 0.15) is 16.8 Å². The van der Waals surface area contributed by atoms with Crippen molar-refractivity contribution in [2.45, 2.75) is 13.5 Å². The van der Waals surface area contributed by atoms with Crippen LogP contribution >= 0.6 is 0 Å². The number of aryl methyl sites for hydroxylation is 1. The van der Waals surface area contributed by atoms with E-state index in [0.29, 0.717) is 23.7 Å². The highest BCUT2D eigenvalue weighted by Crippen LogP contribution is 2.24. The molecule has 2 rings (SSSR count). The summed E-state index contributed by atoms with van der Waals surface area (Å²) < 4.78 is 11.0. The Hall–Kier alpha value is -2.51. The number of hydrogen-bond donors (Lipinski definition) is 1. The van der Waals surface area contributed by atoms with Crippen LogP contribution in [0.3, 0.4) is 0 Å².